The summed E-state index contributed by atoms with van der Waals surface area (Å²) in [6, 6.07) is 17.9. The molecule has 0 amide bonds. The van der Waals surface area contributed by atoms with Gasteiger partial charge in [0.25, 0.3) is 4.70 Å². The van der Waals surface area contributed by atoms with Crippen LogP contribution in [0.15, 0.2) is 54.6 Å². The fraction of sp³-hybridized carbons (Fsp3) is 0.455. The van der Waals surface area contributed by atoms with Gasteiger partial charge in [-0.25, -0.2) is 0 Å². The van der Waals surface area contributed by atoms with E-state index in [0.717, 1.165) is 11.1 Å². The number of alkyl halides is 6. The van der Waals surface area contributed by atoms with E-state index in [1.54, 1.807) is 0 Å². The van der Waals surface area contributed by atoms with Crippen LogP contribution in [0.1, 0.15) is 13.8 Å². The maximum Gasteiger partial charge on any atom is 0.298 e. The Morgan fingerprint density at radius 2 is 1.47 bits per heavy atom. The summed E-state index contributed by atoms with van der Waals surface area (Å²) in [5, 5.41) is 0.615. The van der Waals surface area contributed by atoms with E-state index < -0.39 is 11.3 Å². The molecule has 10 heteroatoms. The van der Waals surface area contributed by atoms with Crippen LogP contribution in [0.3, 0.4) is 0 Å². The van der Waals surface area contributed by atoms with Crippen LogP contribution in [-0.4, -0.2) is 42.6 Å². The number of ether oxygens (including phenoxy) is 4. The molecule has 0 aliphatic rings. The molecular weight excluding hydrogens is 808 g/mol. The Hall–Kier alpha value is 1.000. The summed E-state index contributed by atoms with van der Waals surface area (Å²) >= 11 is 21.8. The fourth-order valence-electron chi connectivity index (χ4n) is 2.72. The minimum atomic E-state index is -1.42. The largest absolute Gasteiger partial charge is 0.450 e. The van der Waals surface area contributed by atoms with Crippen molar-refractivity contribution in [2.45, 2.75) is 31.3 Å². The molecule has 2 unspecified atom stereocenters. The fourth-order valence-corrected chi connectivity index (χ4v) is 5.83. The first kappa shape index (κ1) is 29.2. The Bertz CT molecular complexity index is 836. The molecule has 2 rings (SSSR count). The molecule has 0 radical (unpaired) electrons. The first-order chi connectivity index (χ1) is 15.1. The molecular formula is C22H24Br6O4. The van der Waals surface area contributed by atoms with E-state index >= 15 is 0 Å². The number of hydrogen-bond acceptors (Lipinski definition) is 4. The molecule has 4 nitrogen and oxygen atoms in total. The monoisotopic (exact) mass is 826 g/mol. The second-order valence-corrected chi connectivity index (χ2v) is 15.0. The Labute approximate surface area is 240 Å². The van der Waals surface area contributed by atoms with Crippen molar-refractivity contribution in [3.05, 3.63) is 54.6 Å². The van der Waals surface area contributed by atoms with Crippen LogP contribution in [0.2, 0.25) is 0 Å². The van der Waals surface area contributed by atoms with Crippen molar-refractivity contribution < 1.29 is 18.9 Å². The molecule has 0 saturated heterocycles. The van der Waals surface area contributed by atoms with Gasteiger partial charge in [0.2, 0.25) is 6.65 Å². The van der Waals surface area contributed by atoms with Crippen molar-refractivity contribution in [1.82, 2.24) is 0 Å². The molecule has 0 fully saturated rings. The zero-order chi connectivity index (χ0) is 23.8. The van der Waals surface area contributed by atoms with E-state index in [4.69, 9.17) is 18.9 Å². The SMILES string of the molecule is CCOC(CBr)COC(Br)(Oc1cccc(-c2ccccc2)c1)C(Br)(Br)C(Br)(Br)OCC. The van der Waals surface area contributed by atoms with Crippen LogP contribution < -0.4 is 4.74 Å². The van der Waals surface area contributed by atoms with E-state index in [1.807, 2.05) is 56.3 Å². The van der Waals surface area contributed by atoms with Crippen LogP contribution >= 0.6 is 95.6 Å². The molecule has 0 spiro atoms. The Kier molecular flexibility index (Phi) is 12.2. The Morgan fingerprint density at radius 1 is 0.812 bits per heavy atom. The van der Waals surface area contributed by atoms with Crippen molar-refractivity contribution in [2.24, 2.45) is 0 Å². The van der Waals surface area contributed by atoms with Gasteiger partial charge < -0.3 is 18.9 Å². The standard InChI is InChI=1S/C22H24Br6O4/c1-3-29-19(14-23)15-31-22(28,20(24,25)21(26,27)30-4-2)32-18-12-8-11-17(13-18)16-9-6-5-7-10-16/h5-13,19H,3-4,14-15H2,1-2H3. The molecule has 2 aromatic carbocycles. The summed E-state index contributed by atoms with van der Waals surface area (Å²) in [6.45, 7) is 5.10. The van der Waals surface area contributed by atoms with E-state index in [9.17, 15) is 0 Å². The Balaban J connectivity index is 2.40. The van der Waals surface area contributed by atoms with Crippen LogP contribution in [0.5, 0.6) is 5.75 Å². The second kappa shape index (κ2) is 13.3. The summed E-state index contributed by atoms with van der Waals surface area (Å²) in [6.07, 6.45) is -0.167. The highest BCUT2D eigenvalue weighted by Crippen LogP contribution is 2.58. The minimum absolute atomic E-state index is 0.167. The summed E-state index contributed by atoms with van der Waals surface area (Å²) in [7, 11) is 0. The summed E-state index contributed by atoms with van der Waals surface area (Å²) in [5.41, 5.74) is 2.11. The average Bonchev–Trinajstić information content (AvgIpc) is 2.77. The molecule has 0 aliphatic heterocycles. The van der Waals surface area contributed by atoms with Crippen LogP contribution in [0, 0.1) is 0 Å². The quantitative estimate of drug-likeness (QED) is 0.150. The Morgan fingerprint density at radius 3 is 2.06 bits per heavy atom. The molecule has 2 atom stereocenters. The van der Waals surface area contributed by atoms with Crippen LogP contribution in [0.4, 0.5) is 0 Å². The zero-order valence-corrected chi connectivity index (χ0v) is 27.0. The summed E-state index contributed by atoms with van der Waals surface area (Å²) < 4.78 is 20.7. The van der Waals surface area contributed by atoms with E-state index in [2.05, 4.69) is 108 Å². The predicted molar refractivity (Wildman–Crippen MR) is 152 cm³/mol. The third-order valence-electron chi connectivity index (χ3n) is 4.29. The van der Waals surface area contributed by atoms with Crippen molar-refractivity contribution in [3.8, 4) is 16.9 Å². The van der Waals surface area contributed by atoms with Crippen molar-refractivity contribution in [3.63, 3.8) is 0 Å². The lowest BCUT2D eigenvalue weighted by Crippen LogP contribution is -2.58. The highest BCUT2D eigenvalue weighted by atomic mass is 79.9. The van der Waals surface area contributed by atoms with Gasteiger partial charge in [-0.1, -0.05) is 90.3 Å². The van der Waals surface area contributed by atoms with Gasteiger partial charge in [0, 0.05) is 18.5 Å². The first-order valence-electron chi connectivity index (χ1n) is 9.84. The molecule has 2 aromatic rings. The molecule has 178 valence electrons. The van der Waals surface area contributed by atoms with Crippen molar-refractivity contribution in [2.75, 3.05) is 25.2 Å². The summed E-state index contributed by atoms with van der Waals surface area (Å²) in [4.78, 5) is 0. The number of hydrogen-bond donors (Lipinski definition) is 0. The van der Waals surface area contributed by atoms with Crippen LogP contribution in [-0.2, 0) is 14.2 Å². The topological polar surface area (TPSA) is 36.9 Å². The minimum Gasteiger partial charge on any atom is -0.450 e. The molecule has 0 aromatic heterocycles. The zero-order valence-electron chi connectivity index (χ0n) is 17.5. The van der Waals surface area contributed by atoms with Crippen molar-refractivity contribution >= 4 is 95.6 Å². The van der Waals surface area contributed by atoms with Gasteiger partial charge in [0.1, 0.15) is 5.75 Å². The van der Waals surface area contributed by atoms with Gasteiger partial charge in [-0.15, -0.1) is 0 Å². The van der Waals surface area contributed by atoms with Gasteiger partial charge in [0.15, 0.2) is 0 Å². The lowest BCUT2D eigenvalue weighted by atomic mass is 10.1. The lowest BCUT2D eigenvalue weighted by molar-refractivity contribution is -0.145. The number of rotatable bonds is 13. The molecule has 0 N–H and O–H groups in total. The van der Waals surface area contributed by atoms with Gasteiger partial charge >= 0.3 is 0 Å². The smallest absolute Gasteiger partial charge is 0.298 e. The van der Waals surface area contributed by atoms with Gasteiger partial charge in [-0.2, -0.15) is 0 Å². The highest BCUT2D eigenvalue weighted by Gasteiger charge is 2.63. The molecule has 0 aliphatic carbocycles. The molecule has 0 saturated carbocycles. The normalized spacial score (nSPS) is 15.2. The highest BCUT2D eigenvalue weighted by molar-refractivity contribution is 9.30. The van der Waals surface area contributed by atoms with E-state index in [0.29, 0.717) is 24.3 Å². The van der Waals surface area contributed by atoms with E-state index in [-0.39, 0.29) is 12.7 Å². The maximum atomic E-state index is 6.42. The number of halogens is 6. The van der Waals surface area contributed by atoms with Crippen molar-refractivity contribution in [1.29, 1.82) is 0 Å². The van der Waals surface area contributed by atoms with E-state index in [1.165, 1.54) is 0 Å². The first-order valence-corrected chi connectivity index (χ1v) is 14.9. The van der Waals surface area contributed by atoms with Gasteiger partial charge in [0.05, 0.1) is 12.7 Å². The predicted octanol–water partition coefficient (Wildman–Crippen LogP) is 8.56. The molecule has 0 heterocycles. The van der Waals surface area contributed by atoms with Crippen LogP contribution in [0.25, 0.3) is 11.1 Å². The molecule has 32 heavy (non-hydrogen) atoms. The average molecular weight is 832 g/mol. The lowest BCUT2D eigenvalue weighted by Gasteiger charge is -2.44. The maximum absolute atomic E-state index is 6.42. The van der Waals surface area contributed by atoms with Gasteiger partial charge in [-0.3, -0.25) is 0 Å². The number of benzene rings is 2. The third-order valence-corrected chi connectivity index (χ3v) is 13.0. The second-order valence-electron chi connectivity index (χ2n) is 6.60. The molecule has 0 bridgehead atoms. The summed E-state index contributed by atoms with van der Waals surface area (Å²) in [5.74, 6) is 0.602. The third kappa shape index (κ3) is 7.50. The van der Waals surface area contributed by atoms with Gasteiger partial charge in [-0.05, 0) is 84.9 Å².